The molecular weight excluding hydrogens is 587 g/mol. The van der Waals surface area contributed by atoms with Crippen LogP contribution in [0.25, 0.3) is 0 Å². The first-order chi connectivity index (χ1) is 21.2. The molecule has 1 saturated heterocycles. The number of ether oxygens (including phenoxy) is 6. The van der Waals surface area contributed by atoms with E-state index in [-0.39, 0.29) is 6.61 Å². The molecule has 0 aromatic heterocycles. The standard InChI is InChI=1S/C35H36Cl2O6/c36-35(37)43-34-33(41-24-29-19-11-4-12-20-29)32(40-23-28-17-9-3-10-18-28)31(39-22-27-15-7-2-8-16-27)30(42-34)25-38-21-26-13-5-1-6-14-26/h1-20,30-35H,21-25H2/t30-,31-,32?,33-,34?/m1/s1. The van der Waals surface area contributed by atoms with Gasteiger partial charge in [-0.3, -0.25) is 0 Å². The van der Waals surface area contributed by atoms with Gasteiger partial charge in [-0.15, -0.1) is 0 Å². The Morgan fingerprint density at radius 1 is 0.512 bits per heavy atom. The van der Waals surface area contributed by atoms with Gasteiger partial charge in [0.15, 0.2) is 6.29 Å². The van der Waals surface area contributed by atoms with Gasteiger partial charge >= 0.3 is 0 Å². The fourth-order valence-electron chi connectivity index (χ4n) is 4.96. The molecule has 1 heterocycles. The van der Waals surface area contributed by atoms with Gasteiger partial charge in [-0.1, -0.05) is 145 Å². The van der Waals surface area contributed by atoms with Gasteiger partial charge in [0.25, 0.3) is 0 Å². The second kappa shape index (κ2) is 16.9. The van der Waals surface area contributed by atoms with E-state index in [1.807, 2.05) is 121 Å². The van der Waals surface area contributed by atoms with Crippen molar-refractivity contribution in [3.05, 3.63) is 144 Å². The van der Waals surface area contributed by atoms with E-state index in [1.54, 1.807) is 0 Å². The van der Waals surface area contributed by atoms with Crippen LogP contribution in [0.15, 0.2) is 121 Å². The van der Waals surface area contributed by atoms with Crippen molar-refractivity contribution in [2.24, 2.45) is 0 Å². The average Bonchev–Trinajstić information content (AvgIpc) is 3.04. The van der Waals surface area contributed by atoms with Crippen molar-refractivity contribution in [3.8, 4) is 0 Å². The van der Waals surface area contributed by atoms with Crippen molar-refractivity contribution in [2.75, 3.05) is 6.61 Å². The van der Waals surface area contributed by atoms with Crippen molar-refractivity contribution < 1.29 is 28.4 Å². The molecule has 8 heteroatoms. The fourth-order valence-corrected chi connectivity index (χ4v) is 5.16. The zero-order valence-corrected chi connectivity index (χ0v) is 25.3. The molecule has 0 bridgehead atoms. The highest BCUT2D eigenvalue weighted by molar-refractivity contribution is 6.43. The summed E-state index contributed by atoms with van der Waals surface area (Å²) in [5.41, 5.74) is 4.08. The minimum absolute atomic E-state index is 0.222. The average molecular weight is 624 g/mol. The van der Waals surface area contributed by atoms with E-state index >= 15 is 0 Å². The summed E-state index contributed by atoms with van der Waals surface area (Å²) in [7, 11) is 0. The summed E-state index contributed by atoms with van der Waals surface area (Å²) in [4.78, 5) is 0. The lowest BCUT2D eigenvalue weighted by Crippen LogP contribution is -2.62. The van der Waals surface area contributed by atoms with Crippen molar-refractivity contribution in [2.45, 2.75) is 62.2 Å². The van der Waals surface area contributed by atoms with Gasteiger partial charge in [0.05, 0.1) is 33.0 Å². The van der Waals surface area contributed by atoms with Crippen molar-refractivity contribution in [1.29, 1.82) is 0 Å². The van der Waals surface area contributed by atoms with Crippen LogP contribution >= 0.6 is 23.2 Å². The summed E-state index contributed by atoms with van der Waals surface area (Å²) in [6.45, 7) is 1.61. The summed E-state index contributed by atoms with van der Waals surface area (Å²) >= 11 is 12.3. The van der Waals surface area contributed by atoms with Gasteiger partial charge < -0.3 is 28.4 Å². The maximum Gasteiger partial charge on any atom is 0.209 e. The summed E-state index contributed by atoms with van der Waals surface area (Å²) in [5.74, 6) is 0. The van der Waals surface area contributed by atoms with E-state index in [4.69, 9.17) is 51.6 Å². The minimum Gasteiger partial charge on any atom is -0.374 e. The zero-order valence-electron chi connectivity index (χ0n) is 23.8. The Bertz CT molecular complexity index is 1310. The number of hydrogen-bond acceptors (Lipinski definition) is 6. The lowest BCUT2D eigenvalue weighted by Gasteiger charge is -2.46. The highest BCUT2D eigenvalue weighted by Gasteiger charge is 2.49. The smallest absolute Gasteiger partial charge is 0.209 e. The van der Waals surface area contributed by atoms with E-state index in [1.165, 1.54) is 0 Å². The molecule has 2 unspecified atom stereocenters. The lowest BCUT2D eigenvalue weighted by atomic mass is 9.97. The first-order valence-electron chi connectivity index (χ1n) is 14.3. The third-order valence-corrected chi connectivity index (χ3v) is 7.28. The Morgan fingerprint density at radius 3 is 1.35 bits per heavy atom. The molecule has 1 aliphatic heterocycles. The van der Waals surface area contributed by atoms with Crippen molar-refractivity contribution >= 4 is 23.2 Å². The molecule has 1 fully saturated rings. The van der Waals surface area contributed by atoms with Gasteiger partial charge in [0, 0.05) is 0 Å². The number of alkyl halides is 2. The van der Waals surface area contributed by atoms with Crippen LogP contribution in [-0.4, -0.2) is 42.3 Å². The predicted molar refractivity (Wildman–Crippen MR) is 166 cm³/mol. The molecule has 5 rings (SSSR count). The van der Waals surface area contributed by atoms with E-state index in [0.29, 0.717) is 26.4 Å². The maximum atomic E-state index is 6.63. The van der Waals surface area contributed by atoms with Crippen LogP contribution < -0.4 is 0 Å². The molecule has 0 N–H and O–H groups in total. The SMILES string of the molecule is ClC(Cl)OC1O[C@H](COCc2ccccc2)[C@@H](OCc2ccccc2)C(OCc2ccccc2)[C@H]1OCc1ccccc1. The van der Waals surface area contributed by atoms with Crippen LogP contribution in [0.1, 0.15) is 22.3 Å². The number of rotatable bonds is 15. The van der Waals surface area contributed by atoms with Crippen LogP contribution in [0.2, 0.25) is 0 Å². The van der Waals surface area contributed by atoms with Gasteiger partial charge in [-0.2, -0.15) is 0 Å². The van der Waals surface area contributed by atoms with Gasteiger partial charge in [-0.05, 0) is 22.3 Å². The van der Waals surface area contributed by atoms with Gasteiger partial charge in [-0.25, -0.2) is 0 Å². The molecule has 226 valence electrons. The molecule has 43 heavy (non-hydrogen) atoms. The van der Waals surface area contributed by atoms with E-state index in [0.717, 1.165) is 22.3 Å². The summed E-state index contributed by atoms with van der Waals surface area (Å²) < 4.78 is 38.2. The number of benzene rings is 4. The van der Waals surface area contributed by atoms with Crippen LogP contribution in [-0.2, 0) is 54.8 Å². The third-order valence-electron chi connectivity index (χ3n) is 7.08. The van der Waals surface area contributed by atoms with Gasteiger partial charge in [0.2, 0.25) is 5.02 Å². The minimum atomic E-state index is -1.14. The highest BCUT2D eigenvalue weighted by atomic mass is 35.5. The molecule has 0 spiro atoms. The van der Waals surface area contributed by atoms with Crippen LogP contribution in [0.3, 0.4) is 0 Å². The molecular formula is C35H36Cl2O6. The largest absolute Gasteiger partial charge is 0.374 e. The van der Waals surface area contributed by atoms with E-state index < -0.39 is 35.7 Å². The topological polar surface area (TPSA) is 55.4 Å². The second-order valence-electron chi connectivity index (χ2n) is 10.2. The summed E-state index contributed by atoms with van der Waals surface area (Å²) in [6, 6.07) is 39.8. The highest BCUT2D eigenvalue weighted by Crippen LogP contribution is 2.32. The number of hydrogen-bond donors (Lipinski definition) is 0. The normalized spacial score (nSPS) is 22.1. The second-order valence-corrected chi connectivity index (χ2v) is 11.2. The monoisotopic (exact) mass is 622 g/mol. The first-order valence-corrected chi connectivity index (χ1v) is 15.2. The van der Waals surface area contributed by atoms with Crippen molar-refractivity contribution in [3.63, 3.8) is 0 Å². The Balaban J connectivity index is 1.42. The predicted octanol–water partition coefficient (Wildman–Crippen LogP) is 7.46. The Labute approximate surface area is 263 Å². The summed E-state index contributed by atoms with van der Waals surface area (Å²) in [5, 5.41) is -1.14. The Kier molecular flexibility index (Phi) is 12.4. The molecule has 1 aliphatic rings. The summed E-state index contributed by atoms with van der Waals surface area (Å²) in [6.07, 6.45) is -3.39. The van der Waals surface area contributed by atoms with Crippen LogP contribution in [0, 0.1) is 0 Å². The number of halogens is 2. The lowest BCUT2D eigenvalue weighted by molar-refractivity contribution is -0.327. The first kappa shape index (κ1) is 31.6. The van der Waals surface area contributed by atoms with Crippen LogP contribution in [0.4, 0.5) is 0 Å². The van der Waals surface area contributed by atoms with Crippen molar-refractivity contribution in [1.82, 2.24) is 0 Å². The molecule has 4 aromatic carbocycles. The Morgan fingerprint density at radius 2 is 0.907 bits per heavy atom. The Hall–Kier alpha value is -2.78. The fraction of sp³-hybridized carbons (Fsp3) is 0.314. The maximum absolute atomic E-state index is 6.63. The molecule has 5 atom stereocenters. The molecule has 0 radical (unpaired) electrons. The molecule has 0 amide bonds. The van der Waals surface area contributed by atoms with E-state index in [2.05, 4.69) is 0 Å². The molecule has 6 nitrogen and oxygen atoms in total. The quantitative estimate of drug-likeness (QED) is 0.128. The molecule has 0 saturated carbocycles. The third kappa shape index (κ3) is 9.86. The van der Waals surface area contributed by atoms with Gasteiger partial charge in [0.1, 0.15) is 24.4 Å². The van der Waals surface area contributed by atoms with Crippen LogP contribution in [0.5, 0.6) is 0 Å². The van der Waals surface area contributed by atoms with E-state index in [9.17, 15) is 0 Å². The molecule has 4 aromatic rings. The zero-order chi connectivity index (χ0) is 29.7. The molecule has 0 aliphatic carbocycles.